The van der Waals surface area contributed by atoms with Gasteiger partial charge in [-0.05, 0) is 36.4 Å². The van der Waals surface area contributed by atoms with Crippen LogP contribution in [0.4, 0.5) is 15.8 Å². The quantitative estimate of drug-likeness (QED) is 0.150. The molecule has 0 aliphatic rings. The van der Waals surface area contributed by atoms with Gasteiger partial charge in [0.1, 0.15) is 11.6 Å². The van der Waals surface area contributed by atoms with E-state index in [2.05, 4.69) is 31.3 Å². The van der Waals surface area contributed by atoms with Gasteiger partial charge in [-0.2, -0.15) is 9.78 Å². The van der Waals surface area contributed by atoms with Gasteiger partial charge in [0, 0.05) is 26.5 Å². The molecule has 0 aliphatic heterocycles. The molecule has 0 spiro atoms. The van der Waals surface area contributed by atoms with E-state index in [9.17, 15) is 24.1 Å². The Labute approximate surface area is 240 Å². The van der Waals surface area contributed by atoms with Gasteiger partial charge < -0.3 is 10.1 Å². The van der Waals surface area contributed by atoms with Crippen molar-refractivity contribution in [3.05, 3.63) is 102 Å². The maximum absolute atomic E-state index is 13.9. The summed E-state index contributed by atoms with van der Waals surface area (Å²) in [7, 11) is 0. The van der Waals surface area contributed by atoms with Gasteiger partial charge in [0.2, 0.25) is 5.75 Å². The average Bonchev–Trinajstić information content (AvgIpc) is 2.88. The van der Waals surface area contributed by atoms with Gasteiger partial charge in [0.25, 0.3) is 11.5 Å². The van der Waals surface area contributed by atoms with Crippen LogP contribution in [-0.4, -0.2) is 33.3 Å². The first-order valence-corrected chi connectivity index (χ1v) is 12.9. The number of fused-ring (bicyclic) bond motifs is 1. The fraction of sp³-hybridized carbons (Fsp3) is 0.185. The molecule has 1 heterocycles. The highest BCUT2D eigenvalue weighted by atomic mass is 79.9. The first kappa shape index (κ1) is 28.8. The molecule has 1 N–H and O–H groups in total. The van der Waals surface area contributed by atoms with Crippen molar-refractivity contribution in [2.24, 2.45) is 5.10 Å². The Morgan fingerprint density at radius 2 is 1.98 bits per heavy atom. The standard InChI is InChI=1S/C27H22BrClFN5O5/c1-27(2,3)26-33-20-9-8-16(28)11-18(20)25(37)34(26)31-13-15-10-17(29)12-22(35(38)39)24(15)40-14-23(36)32-21-7-5-4-6-19(21)30/h4-13H,14H2,1-3H3,(H,32,36). The zero-order chi connectivity index (χ0) is 29.2. The van der Waals surface area contributed by atoms with E-state index >= 15 is 0 Å². The number of halogens is 3. The summed E-state index contributed by atoms with van der Waals surface area (Å²) < 4.78 is 21.2. The summed E-state index contributed by atoms with van der Waals surface area (Å²) in [4.78, 5) is 41.6. The van der Waals surface area contributed by atoms with Crippen LogP contribution >= 0.6 is 27.5 Å². The Morgan fingerprint density at radius 3 is 2.65 bits per heavy atom. The highest BCUT2D eigenvalue weighted by molar-refractivity contribution is 9.10. The summed E-state index contributed by atoms with van der Waals surface area (Å²) in [6.45, 7) is 4.89. The Hall–Kier alpha value is -4.16. The number of amides is 1. The lowest BCUT2D eigenvalue weighted by Crippen LogP contribution is -2.29. The van der Waals surface area contributed by atoms with Crippen molar-refractivity contribution < 1.29 is 18.8 Å². The van der Waals surface area contributed by atoms with Crippen molar-refractivity contribution in [3.8, 4) is 5.75 Å². The maximum atomic E-state index is 13.9. The third-order valence-electron chi connectivity index (χ3n) is 5.55. The molecule has 1 aromatic heterocycles. The van der Waals surface area contributed by atoms with Gasteiger partial charge in [0.05, 0.1) is 27.7 Å². The third kappa shape index (κ3) is 6.35. The molecule has 206 valence electrons. The molecule has 40 heavy (non-hydrogen) atoms. The van der Waals surface area contributed by atoms with E-state index in [4.69, 9.17) is 16.3 Å². The fourth-order valence-corrected chi connectivity index (χ4v) is 4.32. The lowest BCUT2D eigenvalue weighted by Gasteiger charge is -2.21. The van der Waals surface area contributed by atoms with Crippen molar-refractivity contribution in [2.75, 3.05) is 11.9 Å². The predicted molar refractivity (Wildman–Crippen MR) is 154 cm³/mol. The number of nitro benzene ring substituents is 1. The number of para-hydroxylation sites is 1. The topological polar surface area (TPSA) is 129 Å². The summed E-state index contributed by atoms with van der Waals surface area (Å²) in [6.07, 6.45) is 1.17. The van der Waals surface area contributed by atoms with Crippen LogP contribution in [0.25, 0.3) is 10.9 Å². The monoisotopic (exact) mass is 629 g/mol. The van der Waals surface area contributed by atoms with E-state index < -0.39 is 39.9 Å². The third-order valence-corrected chi connectivity index (χ3v) is 6.26. The first-order chi connectivity index (χ1) is 18.8. The van der Waals surface area contributed by atoms with Crippen molar-refractivity contribution in [1.29, 1.82) is 0 Å². The average molecular weight is 631 g/mol. The highest BCUT2D eigenvalue weighted by Crippen LogP contribution is 2.34. The second-order valence-corrected chi connectivity index (χ2v) is 11.0. The number of aromatic nitrogens is 2. The van der Waals surface area contributed by atoms with Gasteiger partial charge in [-0.1, -0.05) is 60.4 Å². The molecule has 0 unspecified atom stereocenters. The van der Waals surface area contributed by atoms with Crippen molar-refractivity contribution in [2.45, 2.75) is 26.2 Å². The van der Waals surface area contributed by atoms with Crippen LogP contribution in [0.2, 0.25) is 5.02 Å². The van der Waals surface area contributed by atoms with Gasteiger partial charge >= 0.3 is 5.69 Å². The zero-order valence-corrected chi connectivity index (χ0v) is 23.8. The van der Waals surface area contributed by atoms with Crippen LogP contribution in [0, 0.1) is 15.9 Å². The number of hydrogen-bond acceptors (Lipinski definition) is 7. The Kier molecular flexibility index (Phi) is 8.31. The van der Waals surface area contributed by atoms with E-state index in [1.54, 1.807) is 18.2 Å². The Bertz CT molecular complexity index is 1740. The van der Waals surface area contributed by atoms with Crippen LogP contribution in [0.3, 0.4) is 0 Å². The summed E-state index contributed by atoms with van der Waals surface area (Å²) in [5, 5.41) is 18.8. The van der Waals surface area contributed by atoms with E-state index in [1.807, 2.05) is 20.8 Å². The van der Waals surface area contributed by atoms with Crippen LogP contribution in [-0.2, 0) is 10.2 Å². The summed E-state index contributed by atoms with van der Waals surface area (Å²) in [6, 6.07) is 13.0. The second-order valence-electron chi connectivity index (χ2n) is 9.63. The molecule has 3 aromatic carbocycles. The van der Waals surface area contributed by atoms with Gasteiger partial charge in [-0.3, -0.25) is 19.7 Å². The normalized spacial score (nSPS) is 11.7. The molecule has 4 aromatic rings. The molecule has 13 heteroatoms. The molecule has 0 aliphatic carbocycles. The second kappa shape index (κ2) is 11.5. The predicted octanol–water partition coefficient (Wildman–Crippen LogP) is 6.06. The molecule has 10 nitrogen and oxygen atoms in total. The highest BCUT2D eigenvalue weighted by Gasteiger charge is 2.25. The summed E-state index contributed by atoms with van der Waals surface area (Å²) in [5.41, 5.74) is -1.17. The number of nitrogens with one attached hydrogen (secondary N) is 1. The Balaban J connectivity index is 1.76. The molecular weight excluding hydrogens is 609 g/mol. The molecule has 4 rings (SSSR count). The van der Waals surface area contributed by atoms with Gasteiger partial charge in [-0.15, -0.1) is 0 Å². The minimum absolute atomic E-state index is 0.000247. The van der Waals surface area contributed by atoms with Gasteiger partial charge in [0.15, 0.2) is 6.61 Å². The Morgan fingerprint density at radius 1 is 1.25 bits per heavy atom. The largest absolute Gasteiger partial charge is 0.476 e. The number of ether oxygens (including phenoxy) is 1. The van der Waals surface area contributed by atoms with Gasteiger partial charge in [-0.25, -0.2) is 9.37 Å². The van der Waals surface area contributed by atoms with E-state index in [1.165, 1.54) is 36.5 Å². The number of anilines is 1. The number of carbonyl (C=O) groups excluding carboxylic acids is 1. The minimum Gasteiger partial charge on any atom is -0.476 e. The smallest absolute Gasteiger partial charge is 0.313 e. The maximum Gasteiger partial charge on any atom is 0.313 e. The number of nitrogens with zero attached hydrogens (tertiary/aromatic N) is 4. The van der Waals surface area contributed by atoms with Crippen LogP contribution in [0.15, 0.2) is 69.0 Å². The zero-order valence-electron chi connectivity index (χ0n) is 21.4. The molecule has 0 saturated heterocycles. The molecule has 0 radical (unpaired) electrons. The fourth-order valence-electron chi connectivity index (χ4n) is 3.74. The van der Waals surface area contributed by atoms with Crippen LogP contribution < -0.4 is 15.6 Å². The molecule has 0 bridgehead atoms. The van der Waals surface area contributed by atoms with Crippen molar-refractivity contribution >= 4 is 61.9 Å². The van der Waals surface area contributed by atoms with Crippen molar-refractivity contribution in [1.82, 2.24) is 9.66 Å². The number of carbonyl (C=O) groups is 1. The SMILES string of the molecule is CC(C)(C)c1nc2ccc(Br)cc2c(=O)n1N=Cc1cc(Cl)cc([N+](=O)[O-])c1OCC(=O)Nc1ccccc1F. The van der Waals surface area contributed by atoms with Crippen molar-refractivity contribution in [3.63, 3.8) is 0 Å². The van der Waals surface area contributed by atoms with E-state index in [0.29, 0.717) is 21.2 Å². The molecule has 1 amide bonds. The number of hydrogen-bond donors (Lipinski definition) is 1. The first-order valence-electron chi connectivity index (χ1n) is 11.8. The molecule has 0 saturated carbocycles. The molecule has 0 fully saturated rings. The minimum atomic E-state index is -0.757. The van der Waals surface area contributed by atoms with Crippen LogP contribution in [0.1, 0.15) is 32.2 Å². The number of rotatable bonds is 7. The number of benzene rings is 3. The number of nitro groups is 1. The van der Waals surface area contributed by atoms with E-state index in [0.717, 1.165) is 10.7 Å². The lowest BCUT2D eigenvalue weighted by molar-refractivity contribution is -0.385. The molecule has 0 atom stereocenters. The summed E-state index contributed by atoms with van der Waals surface area (Å²) >= 11 is 9.49. The molecular formula is C27H22BrClFN5O5. The lowest BCUT2D eigenvalue weighted by atomic mass is 9.95. The van der Waals surface area contributed by atoms with E-state index in [-0.39, 0.29) is 22.0 Å². The van der Waals surface area contributed by atoms with Crippen LogP contribution in [0.5, 0.6) is 5.75 Å². The summed E-state index contributed by atoms with van der Waals surface area (Å²) in [5.74, 6) is -1.39.